The average Bonchev–Trinajstić information content (AvgIpc) is 3.09. The van der Waals surface area contributed by atoms with Gasteiger partial charge in [-0.2, -0.15) is 15.0 Å². The summed E-state index contributed by atoms with van der Waals surface area (Å²) in [5, 5.41) is 16.0. The molecule has 6 heteroatoms. The van der Waals surface area contributed by atoms with Gasteiger partial charge in [-0.05, 0) is 30.9 Å². The number of rotatable bonds is 5. The van der Waals surface area contributed by atoms with Crippen molar-refractivity contribution in [3.63, 3.8) is 0 Å². The highest BCUT2D eigenvalue weighted by Gasteiger charge is 2.28. The number of hydrogen-bond acceptors (Lipinski definition) is 5. The van der Waals surface area contributed by atoms with Crippen molar-refractivity contribution in [2.24, 2.45) is 0 Å². The van der Waals surface area contributed by atoms with E-state index in [-0.39, 0.29) is 0 Å². The number of nitrogens with one attached hydrogen (secondary N) is 1. The van der Waals surface area contributed by atoms with E-state index in [9.17, 15) is 0 Å². The van der Waals surface area contributed by atoms with Crippen LogP contribution in [0.2, 0.25) is 0 Å². The third-order valence-electron chi connectivity index (χ3n) is 3.58. The van der Waals surface area contributed by atoms with Crippen molar-refractivity contribution in [2.75, 3.05) is 5.32 Å². The minimum atomic E-state index is 0.582. The molecule has 1 aliphatic rings. The van der Waals surface area contributed by atoms with Crippen LogP contribution in [-0.2, 0) is 6.54 Å². The van der Waals surface area contributed by atoms with E-state index in [1.165, 1.54) is 18.4 Å². The Kier molecular flexibility index (Phi) is 2.92. The first-order valence-corrected chi connectivity index (χ1v) is 7.05. The molecule has 1 saturated carbocycles. The van der Waals surface area contributed by atoms with Gasteiger partial charge in [0.1, 0.15) is 12.0 Å². The summed E-state index contributed by atoms with van der Waals surface area (Å²) in [6.45, 7) is 0.582. The number of hydrogen-bond donors (Lipinski definition) is 1. The third-order valence-corrected chi connectivity index (χ3v) is 3.58. The molecule has 3 aromatic rings. The van der Waals surface area contributed by atoms with Gasteiger partial charge in [0.25, 0.3) is 0 Å². The van der Waals surface area contributed by atoms with Gasteiger partial charge in [0.2, 0.25) is 0 Å². The standard InChI is InChI=1S/C15H15N5O/c1-2-4-13(5-3-1)20-17-9-12(18-20)8-16-15-14(10-21-19-15)11-6-7-11/h1-5,9-11H,6-8H2,(H,16,19). The highest BCUT2D eigenvalue weighted by Crippen LogP contribution is 2.43. The molecule has 2 aromatic heterocycles. The molecule has 2 heterocycles. The second kappa shape index (κ2) is 5.05. The van der Waals surface area contributed by atoms with E-state index in [1.54, 1.807) is 17.3 Å². The lowest BCUT2D eigenvalue weighted by atomic mass is 10.2. The van der Waals surface area contributed by atoms with E-state index >= 15 is 0 Å². The van der Waals surface area contributed by atoms with Gasteiger partial charge in [0.15, 0.2) is 5.82 Å². The molecular weight excluding hydrogens is 266 g/mol. The maximum atomic E-state index is 5.06. The predicted octanol–water partition coefficient (Wildman–Crippen LogP) is 2.74. The van der Waals surface area contributed by atoms with E-state index < -0.39 is 0 Å². The molecule has 0 saturated heterocycles. The Morgan fingerprint density at radius 3 is 2.90 bits per heavy atom. The van der Waals surface area contributed by atoms with Gasteiger partial charge in [0, 0.05) is 5.56 Å². The van der Waals surface area contributed by atoms with Crippen LogP contribution in [0.5, 0.6) is 0 Å². The van der Waals surface area contributed by atoms with Gasteiger partial charge in [-0.3, -0.25) is 0 Å². The molecule has 0 unspecified atom stereocenters. The second-order valence-corrected chi connectivity index (χ2v) is 5.21. The van der Waals surface area contributed by atoms with Crippen LogP contribution >= 0.6 is 0 Å². The summed E-state index contributed by atoms with van der Waals surface area (Å²) >= 11 is 0. The van der Waals surface area contributed by atoms with Gasteiger partial charge in [0.05, 0.1) is 18.4 Å². The fourth-order valence-electron chi connectivity index (χ4n) is 2.30. The Bertz CT molecular complexity index is 729. The molecule has 1 aromatic carbocycles. The number of anilines is 1. The van der Waals surface area contributed by atoms with Crippen LogP contribution in [0.1, 0.15) is 30.0 Å². The highest BCUT2D eigenvalue weighted by atomic mass is 16.5. The Hall–Kier alpha value is -2.63. The van der Waals surface area contributed by atoms with E-state index in [0.717, 1.165) is 17.2 Å². The fourth-order valence-corrected chi connectivity index (χ4v) is 2.30. The van der Waals surface area contributed by atoms with E-state index in [0.29, 0.717) is 12.5 Å². The molecule has 1 aliphatic carbocycles. The smallest absolute Gasteiger partial charge is 0.173 e. The van der Waals surface area contributed by atoms with Crippen molar-refractivity contribution >= 4 is 5.82 Å². The summed E-state index contributed by atoms with van der Waals surface area (Å²) < 4.78 is 5.06. The Morgan fingerprint density at radius 1 is 1.24 bits per heavy atom. The number of nitrogens with zero attached hydrogens (tertiary/aromatic N) is 4. The highest BCUT2D eigenvalue weighted by molar-refractivity contribution is 5.45. The first kappa shape index (κ1) is 12.1. The molecule has 0 radical (unpaired) electrons. The van der Waals surface area contributed by atoms with Crippen LogP contribution in [0.25, 0.3) is 5.69 Å². The van der Waals surface area contributed by atoms with Crippen LogP contribution in [0, 0.1) is 0 Å². The van der Waals surface area contributed by atoms with Gasteiger partial charge in [-0.15, -0.1) is 0 Å². The fraction of sp³-hybridized carbons (Fsp3) is 0.267. The summed E-state index contributed by atoms with van der Waals surface area (Å²) in [5.74, 6) is 1.44. The van der Waals surface area contributed by atoms with Crippen LogP contribution in [-0.4, -0.2) is 20.2 Å². The lowest BCUT2D eigenvalue weighted by Gasteiger charge is -2.01. The number of aromatic nitrogens is 4. The molecule has 0 amide bonds. The van der Waals surface area contributed by atoms with Crippen molar-refractivity contribution < 1.29 is 4.52 Å². The minimum Gasteiger partial charge on any atom is -0.362 e. The summed E-state index contributed by atoms with van der Waals surface area (Å²) in [7, 11) is 0. The molecule has 106 valence electrons. The first-order chi connectivity index (χ1) is 10.4. The molecule has 0 bridgehead atoms. The SMILES string of the molecule is c1ccc(-n2ncc(CNc3nocc3C3CC3)n2)cc1. The Balaban J connectivity index is 1.46. The summed E-state index contributed by atoms with van der Waals surface area (Å²) in [6, 6.07) is 9.85. The van der Waals surface area contributed by atoms with Crippen molar-refractivity contribution in [2.45, 2.75) is 25.3 Å². The molecule has 0 spiro atoms. The van der Waals surface area contributed by atoms with Crippen molar-refractivity contribution in [1.82, 2.24) is 20.2 Å². The van der Waals surface area contributed by atoms with Crippen LogP contribution < -0.4 is 5.32 Å². The molecule has 0 aliphatic heterocycles. The van der Waals surface area contributed by atoms with Gasteiger partial charge in [-0.1, -0.05) is 23.4 Å². The average molecular weight is 281 g/mol. The third kappa shape index (κ3) is 2.52. The summed E-state index contributed by atoms with van der Waals surface area (Å²) in [6.07, 6.45) is 5.94. The number of para-hydroxylation sites is 1. The molecule has 1 N–H and O–H groups in total. The zero-order valence-electron chi connectivity index (χ0n) is 11.4. The maximum absolute atomic E-state index is 5.06. The summed E-state index contributed by atoms with van der Waals surface area (Å²) in [4.78, 5) is 1.63. The monoisotopic (exact) mass is 281 g/mol. The van der Waals surface area contributed by atoms with E-state index in [4.69, 9.17) is 4.52 Å². The lowest BCUT2D eigenvalue weighted by Crippen LogP contribution is -2.04. The maximum Gasteiger partial charge on any atom is 0.173 e. The summed E-state index contributed by atoms with van der Waals surface area (Å²) in [5.41, 5.74) is 2.98. The van der Waals surface area contributed by atoms with E-state index in [2.05, 4.69) is 20.7 Å². The predicted molar refractivity (Wildman–Crippen MR) is 77.2 cm³/mol. The van der Waals surface area contributed by atoms with Crippen LogP contribution in [0.4, 0.5) is 5.82 Å². The van der Waals surface area contributed by atoms with E-state index in [1.807, 2.05) is 30.3 Å². The van der Waals surface area contributed by atoms with Crippen molar-refractivity contribution in [3.05, 3.63) is 54.0 Å². The molecule has 6 nitrogen and oxygen atoms in total. The Morgan fingerprint density at radius 2 is 2.10 bits per heavy atom. The van der Waals surface area contributed by atoms with Crippen molar-refractivity contribution in [3.8, 4) is 5.69 Å². The molecule has 1 fully saturated rings. The van der Waals surface area contributed by atoms with Gasteiger partial charge >= 0.3 is 0 Å². The van der Waals surface area contributed by atoms with Crippen molar-refractivity contribution in [1.29, 1.82) is 0 Å². The zero-order valence-corrected chi connectivity index (χ0v) is 11.4. The van der Waals surface area contributed by atoms with Crippen LogP contribution in [0.15, 0.2) is 47.3 Å². The van der Waals surface area contributed by atoms with Crippen LogP contribution in [0.3, 0.4) is 0 Å². The molecule has 4 rings (SSSR count). The lowest BCUT2D eigenvalue weighted by molar-refractivity contribution is 0.421. The van der Waals surface area contributed by atoms with Gasteiger partial charge in [-0.25, -0.2) is 0 Å². The second-order valence-electron chi connectivity index (χ2n) is 5.21. The zero-order chi connectivity index (χ0) is 14.1. The molecule has 21 heavy (non-hydrogen) atoms. The number of benzene rings is 1. The Labute approximate surface area is 121 Å². The minimum absolute atomic E-state index is 0.582. The van der Waals surface area contributed by atoms with Gasteiger partial charge < -0.3 is 9.84 Å². The topological polar surface area (TPSA) is 68.8 Å². The quantitative estimate of drug-likeness (QED) is 0.778. The normalized spacial score (nSPS) is 14.3. The molecule has 0 atom stereocenters. The first-order valence-electron chi connectivity index (χ1n) is 7.05. The largest absolute Gasteiger partial charge is 0.362 e. The molecular formula is C15H15N5O.